The number of ether oxygens (including phenoxy) is 1. The predicted molar refractivity (Wildman–Crippen MR) is 58.3 cm³/mol. The summed E-state index contributed by atoms with van der Waals surface area (Å²) in [5, 5.41) is 0. The monoisotopic (exact) mass is 202 g/mol. The molecule has 1 aliphatic heterocycles. The van der Waals surface area contributed by atoms with Crippen LogP contribution in [0.3, 0.4) is 0 Å². The molecule has 0 saturated carbocycles. The molecule has 1 atom stereocenters. The third-order valence-electron chi connectivity index (χ3n) is 2.69. The van der Waals surface area contributed by atoms with Gasteiger partial charge < -0.3 is 4.74 Å². The van der Waals surface area contributed by atoms with Crippen molar-refractivity contribution in [1.29, 1.82) is 0 Å². The Bertz CT molecular complexity index is 406. The van der Waals surface area contributed by atoms with Gasteiger partial charge >= 0.3 is 5.97 Å². The molecule has 15 heavy (non-hydrogen) atoms. The Kier molecular flexibility index (Phi) is 2.35. The highest BCUT2D eigenvalue weighted by Gasteiger charge is 2.33. The van der Waals surface area contributed by atoms with Crippen LogP contribution in [-0.4, -0.2) is 5.97 Å². The molecule has 2 heteroatoms. The first kappa shape index (κ1) is 9.97. The molecular weight excluding hydrogens is 188 g/mol. The fourth-order valence-corrected chi connectivity index (χ4v) is 2.02. The number of hydrogen-bond donors (Lipinski definition) is 0. The smallest absolute Gasteiger partial charge is 0.331 e. The van der Waals surface area contributed by atoms with E-state index in [4.69, 9.17) is 4.74 Å². The molecule has 78 valence electrons. The van der Waals surface area contributed by atoms with E-state index in [1.165, 1.54) is 0 Å². The van der Waals surface area contributed by atoms with E-state index in [0.717, 1.165) is 17.6 Å². The van der Waals surface area contributed by atoms with Gasteiger partial charge in [-0.25, -0.2) is 4.79 Å². The number of rotatable bonds is 1. The molecule has 0 aromatic heterocycles. The SMILES string of the molecule is CC1=CC(=O)O[C@@](C)(c2ccccc2)C1. The fourth-order valence-electron chi connectivity index (χ4n) is 2.02. The fraction of sp³-hybridized carbons (Fsp3) is 0.308. The van der Waals surface area contributed by atoms with Crippen LogP contribution < -0.4 is 0 Å². The Morgan fingerprint density at radius 3 is 2.53 bits per heavy atom. The molecule has 0 N–H and O–H groups in total. The molecule has 1 heterocycles. The number of esters is 1. The van der Waals surface area contributed by atoms with E-state index in [0.29, 0.717) is 0 Å². The van der Waals surface area contributed by atoms with Crippen LogP contribution in [0.2, 0.25) is 0 Å². The summed E-state index contributed by atoms with van der Waals surface area (Å²) in [6.07, 6.45) is 2.33. The molecule has 1 aliphatic rings. The quantitative estimate of drug-likeness (QED) is 0.654. The Morgan fingerprint density at radius 2 is 1.93 bits per heavy atom. The summed E-state index contributed by atoms with van der Waals surface area (Å²) < 4.78 is 5.41. The first-order valence-electron chi connectivity index (χ1n) is 5.06. The summed E-state index contributed by atoms with van der Waals surface area (Å²) in [4.78, 5) is 11.4. The molecule has 0 unspecified atom stereocenters. The van der Waals surface area contributed by atoms with Crippen LogP contribution in [0.5, 0.6) is 0 Å². The zero-order valence-electron chi connectivity index (χ0n) is 8.99. The summed E-state index contributed by atoms with van der Waals surface area (Å²) in [6, 6.07) is 9.86. The van der Waals surface area contributed by atoms with E-state index in [1.54, 1.807) is 6.08 Å². The van der Waals surface area contributed by atoms with Gasteiger partial charge in [0.2, 0.25) is 0 Å². The van der Waals surface area contributed by atoms with Crippen LogP contribution in [0.4, 0.5) is 0 Å². The average molecular weight is 202 g/mol. The maximum absolute atomic E-state index is 11.4. The molecule has 1 aromatic rings. The van der Waals surface area contributed by atoms with E-state index in [1.807, 2.05) is 44.2 Å². The Balaban J connectivity index is 2.37. The lowest BCUT2D eigenvalue weighted by Gasteiger charge is -2.33. The van der Waals surface area contributed by atoms with E-state index in [2.05, 4.69) is 0 Å². The normalized spacial score (nSPS) is 25.7. The maximum Gasteiger partial charge on any atom is 0.331 e. The highest BCUT2D eigenvalue weighted by Crippen LogP contribution is 2.35. The van der Waals surface area contributed by atoms with Gasteiger partial charge in [-0.15, -0.1) is 0 Å². The van der Waals surface area contributed by atoms with Gasteiger partial charge in [-0.1, -0.05) is 35.9 Å². The third-order valence-corrected chi connectivity index (χ3v) is 2.69. The lowest BCUT2D eigenvalue weighted by Crippen LogP contribution is -2.32. The van der Waals surface area contributed by atoms with Gasteiger partial charge in [-0.3, -0.25) is 0 Å². The van der Waals surface area contributed by atoms with Crippen molar-refractivity contribution in [3.8, 4) is 0 Å². The van der Waals surface area contributed by atoms with Crippen LogP contribution in [-0.2, 0) is 15.1 Å². The maximum atomic E-state index is 11.4. The molecule has 0 amide bonds. The highest BCUT2D eigenvalue weighted by atomic mass is 16.6. The van der Waals surface area contributed by atoms with Crippen molar-refractivity contribution in [1.82, 2.24) is 0 Å². The number of carbonyl (C=O) groups is 1. The van der Waals surface area contributed by atoms with E-state index in [9.17, 15) is 4.79 Å². The summed E-state index contributed by atoms with van der Waals surface area (Å²) in [6.45, 7) is 3.92. The minimum absolute atomic E-state index is 0.245. The van der Waals surface area contributed by atoms with E-state index in [-0.39, 0.29) is 5.97 Å². The minimum atomic E-state index is -0.503. The van der Waals surface area contributed by atoms with Gasteiger partial charge in [-0.05, 0) is 19.4 Å². The average Bonchev–Trinajstić information content (AvgIpc) is 2.17. The van der Waals surface area contributed by atoms with Crippen LogP contribution in [0.1, 0.15) is 25.8 Å². The summed E-state index contributed by atoms with van der Waals surface area (Å²) in [5.41, 5.74) is 1.61. The molecule has 0 radical (unpaired) electrons. The molecule has 0 fully saturated rings. The molecule has 0 bridgehead atoms. The minimum Gasteiger partial charge on any atom is -0.451 e. The highest BCUT2D eigenvalue weighted by molar-refractivity contribution is 5.84. The molecule has 2 rings (SSSR count). The molecule has 2 nitrogen and oxygen atoms in total. The largest absolute Gasteiger partial charge is 0.451 e. The Morgan fingerprint density at radius 1 is 1.27 bits per heavy atom. The summed E-state index contributed by atoms with van der Waals surface area (Å²) in [7, 11) is 0. The second-order valence-electron chi connectivity index (χ2n) is 4.19. The van der Waals surface area contributed by atoms with Crippen molar-refractivity contribution >= 4 is 5.97 Å². The Labute approximate surface area is 89.6 Å². The summed E-state index contributed by atoms with van der Waals surface area (Å²) >= 11 is 0. The van der Waals surface area contributed by atoms with Crippen LogP contribution in [0, 0.1) is 0 Å². The molecule has 1 aromatic carbocycles. The zero-order valence-corrected chi connectivity index (χ0v) is 8.99. The standard InChI is InChI=1S/C13H14O2/c1-10-8-12(14)15-13(2,9-10)11-6-4-3-5-7-11/h3-8H,9H2,1-2H3/t13-/m1/s1. The zero-order chi connectivity index (χ0) is 10.9. The number of benzene rings is 1. The van der Waals surface area contributed by atoms with E-state index < -0.39 is 5.60 Å². The van der Waals surface area contributed by atoms with Crippen molar-refractivity contribution in [3.05, 3.63) is 47.5 Å². The van der Waals surface area contributed by atoms with Crippen molar-refractivity contribution in [2.75, 3.05) is 0 Å². The second kappa shape index (κ2) is 3.54. The second-order valence-corrected chi connectivity index (χ2v) is 4.19. The summed E-state index contributed by atoms with van der Waals surface area (Å²) in [5.74, 6) is -0.245. The number of hydrogen-bond acceptors (Lipinski definition) is 2. The van der Waals surface area contributed by atoms with Gasteiger partial charge in [0.1, 0.15) is 5.60 Å². The van der Waals surface area contributed by atoms with Gasteiger partial charge in [0, 0.05) is 12.5 Å². The van der Waals surface area contributed by atoms with Gasteiger partial charge in [0.15, 0.2) is 0 Å². The topological polar surface area (TPSA) is 26.3 Å². The van der Waals surface area contributed by atoms with Gasteiger partial charge in [0.05, 0.1) is 0 Å². The van der Waals surface area contributed by atoms with Crippen molar-refractivity contribution in [2.45, 2.75) is 25.9 Å². The first-order chi connectivity index (χ1) is 7.10. The molecule has 0 spiro atoms. The first-order valence-corrected chi connectivity index (χ1v) is 5.06. The van der Waals surface area contributed by atoms with Crippen LogP contribution in [0.15, 0.2) is 42.0 Å². The number of carbonyl (C=O) groups excluding carboxylic acids is 1. The molecule has 0 aliphatic carbocycles. The van der Waals surface area contributed by atoms with Crippen molar-refractivity contribution in [2.24, 2.45) is 0 Å². The lowest BCUT2D eigenvalue weighted by molar-refractivity contribution is -0.154. The van der Waals surface area contributed by atoms with Gasteiger partial charge in [-0.2, -0.15) is 0 Å². The van der Waals surface area contributed by atoms with Crippen LogP contribution >= 0.6 is 0 Å². The number of cyclic esters (lactones) is 1. The van der Waals surface area contributed by atoms with Crippen molar-refractivity contribution in [3.63, 3.8) is 0 Å². The molecular formula is C13H14O2. The lowest BCUT2D eigenvalue weighted by atomic mass is 9.87. The Hall–Kier alpha value is -1.57. The predicted octanol–water partition coefficient (Wildman–Crippen LogP) is 2.80. The third kappa shape index (κ3) is 1.94. The van der Waals surface area contributed by atoms with E-state index >= 15 is 0 Å². The van der Waals surface area contributed by atoms with Gasteiger partial charge in [0.25, 0.3) is 0 Å². The van der Waals surface area contributed by atoms with Crippen LogP contribution in [0.25, 0.3) is 0 Å². The van der Waals surface area contributed by atoms with Crippen molar-refractivity contribution < 1.29 is 9.53 Å². The molecule has 0 saturated heterocycles.